The number of likely N-dealkylation sites (N-methyl/N-ethyl adjacent to an activating group) is 1. The minimum Gasteiger partial charge on any atom is -0.310 e. The van der Waals surface area contributed by atoms with Gasteiger partial charge in [0.25, 0.3) is 0 Å². The summed E-state index contributed by atoms with van der Waals surface area (Å²) >= 11 is 5.93. The fraction of sp³-hybridized carbons (Fsp3) is 0.250. The number of rotatable bonds is 5. The van der Waals surface area contributed by atoms with Gasteiger partial charge < -0.3 is 5.32 Å². The molecule has 0 aliphatic heterocycles. The summed E-state index contributed by atoms with van der Waals surface area (Å²) in [6.07, 6.45) is 0.503. The van der Waals surface area contributed by atoms with Crippen LogP contribution in [0.1, 0.15) is 24.1 Å². The number of hydrogen-bond acceptors (Lipinski definition) is 1. The lowest BCUT2D eigenvalue weighted by molar-refractivity contribution is 0.509. The largest absolute Gasteiger partial charge is 0.310 e. The van der Waals surface area contributed by atoms with Crippen LogP contribution in [0.4, 0.5) is 8.78 Å². The molecule has 20 heavy (non-hydrogen) atoms. The van der Waals surface area contributed by atoms with Crippen LogP contribution in [0, 0.1) is 11.6 Å². The van der Waals surface area contributed by atoms with Crippen LogP contribution in [0.25, 0.3) is 0 Å². The van der Waals surface area contributed by atoms with Gasteiger partial charge in [-0.05, 0) is 48.9 Å². The molecular formula is C16H16ClF2N. The highest BCUT2D eigenvalue weighted by Gasteiger charge is 2.16. The summed E-state index contributed by atoms with van der Waals surface area (Å²) in [5.41, 5.74) is 1.32. The first-order valence-electron chi connectivity index (χ1n) is 6.53. The van der Waals surface area contributed by atoms with Gasteiger partial charge in [-0.3, -0.25) is 0 Å². The highest BCUT2D eigenvalue weighted by Crippen LogP contribution is 2.24. The third kappa shape index (κ3) is 3.78. The highest BCUT2D eigenvalue weighted by atomic mass is 35.5. The van der Waals surface area contributed by atoms with Gasteiger partial charge in [0, 0.05) is 16.6 Å². The molecule has 1 unspecified atom stereocenters. The standard InChI is InChI=1S/C16H16ClF2N/c1-2-20-16(9-11-4-3-5-13(18)8-11)14-10-12(17)6-7-15(14)19/h3-8,10,16,20H,2,9H2,1H3. The molecule has 0 saturated heterocycles. The van der Waals surface area contributed by atoms with E-state index in [4.69, 9.17) is 11.6 Å². The van der Waals surface area contributed by atoms with E-state index >= 15 is 0 Å². The normalized spacial score (nSPS) is 12.4. The summed E-state index contributed by atoms with van der Waals surface area (Å²) in [6, 6.07) is 10.6. The van der Waals surface area contributed by atoms with Gasteiger partial charge >= 0.3 is 0 Å². The van der Waals surface area contributed by atoms with Crippen molar-refractivity contribution in [2.75, 3.05) is 6.54 Å². The molecular weight excluding hydrogens is 280 g/mol. The van der Waals surface area contributed by atoms with Gasteiger partial charge in [-0.25, -0.2) is 8.78 Å². The van der Waals surface area contributed by atoms with E-state index in [9.17, 15) is 8.78 Å². The monoisotopic (exact) mass is 295 g/mol. The molecule has 0 spiro atoms. The van der Waals surface area contributed by atoms with Crippen LogP contribution in [-0.4, -0.2) is 6.54 Å². The SMILES string of the molecule is CCNC(Cc1cccc(F)c1)c1cc(Cl)ccc1F. The van der Waals surface area contributed by atoms with Crippen LogP contribution in [0.3, 0.4) is 0 Å². The lowest BCUT2D eigenvalue weighted by Crippen LogP contribution is -2.24. The van der Waals surface area contributed by atoms with Crippen LogP contribution in [0.5, 0.6) is 0 Å². The fourth-order valence-electron chi connectivity index (χ4n) is 2.22. The Hall–Kier alpha value is -1.45. The molecule has 1 N–H and O–H groups in total. The second-order valence-electron chi connectivity index (χ2n) is 4.61. The van der Waals surface area contributed by atoms with Gasteiger partial charge in [0.2, 0.25) is 0 Å². The zero-order chi connectivity index (χ0) is 14.5. The quantitative estimate of drug-likeness (QED) is 0.855. The molecule has 0 bridgehead atoms. The summed E-state index contributed by atoms with van der Waals surface area (Å²) < 4.78 is 27.2. The number of hydrogen-bond donors (Lipinski definition) is 1. The Morgan fingerprint density at radius 2 is 1.95 bits per heavy atom. The van der Waals surface area contributed by atoms with Crippen LogP contribution < -0.4 is 5.32 Å². The molecule has 0 radical (unpaired) electrons. The minimum absolute atomic E-state index is 0.236. The third-order valence-electron chi connectivity index (χ3n) is 3.11. The van der Waals surface area contributed by atoms with E-state index in [1.54, 1.807) is 12.1 Å². The number of nitrogens with one attached hydrogen (secondary N) is 1. The van der Waals surface area contributed by atoms with Crippen molar-refractivity contribution in [1.29, 1.82) is 0 Å². The molecule has 4 heteroatoms. The van der Waals surface area contributed by atoms with E-state index in [0.29, 0.717) is 23.6 Å². The van der Waals surface area contributed by atoms with Crippen molar-refractivity contribution in [3.05, 3.63) is 70.2 Å². The van der Waals surface area contributed by atoms with Crippen molar-refractivity contribution in [3.63, 3.8) is 0 Å². The molecule has 0 aliphatic rings. The second-order valence-corrected chi connectivity index (χ2v) is 5.05. The van der Waals surface area contributed by atoms with Crippen LogP contribution in [-0.2, 0) is 6.42 Å². The lowest BCUT2D eigenvalue weighted by atomic mass is 9.98. The van der Waals surface area contributed by atoms with Gasteiger partial charge in [-0.1, -0.05) is 30.7 Å². The Morgan fingerprint density at radius 1 is 1.15 bits per heavy atom. The van der Waals surface area contributed by atoms with Crippen molar-refractivity contribution < 1.29 is 8.78 Å². The predicted molar refractivity (Wildman–Crippen MR) is 77.9 cm³/mol. The van der Waals surface area contributed by atoms with Crippen molar-refractivity contribution in [3.8, 4) is 0 Å². The molecule has 1 nitrogen and oxygen atoms in total. The molecule has 2 aromatic carbocycles. The van der Waals surface area contributed by atoms with E-state index in [-0.39, 0.29) is 17.7 Å². The number of benzene rings is 2. The van der Waals surface area contributed by atoms with Gasteiger partial charge in [-0.15, -0.1) is 0 Å². The molecule has 0 aliphatic carbocycles. The van der Waals surface area contributed by atoms with Crippen molar-refractivity contribution in [2.45, 2.75) is 19.4 Å². The van der Waals surface area contributed by atoms with Crippen molar-refractivity contribution >= 4 is 11.6 Å². The molecule has 2 aromatic rings. The average molecular weight is 296 g/mol. The Kier molecular flexibility index (Phi) is 5.10. The zero-order valence-corrected chi connectivity index (χ0v) is 11.9. The molecule has 0 aromatic heterocycles. The Morgan fingerprint density at radius 3 is 2.65 bits per heavy atom. The van der Waals surface area contributed by atoms with Gasteiger partial charge in [0.15, 0.2) is 0 Å². The first kappa shape index (κ1) is 14.9. The van der Waals surface area contributed by atoms with Gasteiger partial charge in [-0.2, -0.15) is 0 Å². The predicted octanol–water partition coefficient (Wildman–Crippen LogP) is 4.51. The smallest absolute Gasteiger partial charge is 0.128 e. The van der Waals surface area contributed by atoms with E-state index < -0.39 is 0 Å². The maximum absolute atomic E-state index is 14.0. The van der Waals surface area contributed by atoms with Crippen LogP contribution in [0.2, 0.25) is 5.02 Å². The Bertz CT molecular complexity index is 586. The number of halogens is 3. The first-order chi connectivity index (χ1) is 9.60. The minimum atomic E-state index is -0.309. The van der Waals surface area contributed by atoms with Gasteiger partial charge in [0.05, 0.1) is 0 Å². The van der Waals surface area contributed by atoms with E-state index in [1.807, 2.05) is 13.0 Å². The van der Waals surface area contributed by atoms with Crippen molar-refractivity contribution in [2.24, 2.45) is 0 Å². The van der Waals surface area contributed by atoms with Crippen LogP contribution in [0.15, 0.2) is 42.5 Å². The molecule has 0 amide bonds. The molecule has 1 atom stereocenters. The fourth-order valence-corrected chi connectivity index (χ4v) is 2.40. The molecule has 0 heterocycles. The zero-order valence-electron chi connectivity index (χ0n) is 11.2. The Labute approximate surface area is 122 Å². The summed E-state index contributed by atoms with van der Waals surface area (Å²) in [5.74, 6) is -0.596. The first-order valence-corrected chi connectivity index (χ1v) is 6.90. The van der Waals surface area contributed by atoms with E-state index in [1.165, 1.54) is 24.3 Å². The maximum atomic E-state index is 14.0. The molecule has 0 fully saturated rings. The Balaban J connectivity index is 2.29. The second kappa shape index (κ2) is 6.82. The summed E-state index contributed by atoms with van der Waals surface area (Å²) in [5, 5.41) is 3.70. The maximum Gasteiger partial charge on any atom is 0.128 e. The highest BCUT2D eigenvalue weighted by molar-refractivity contribution is 6.30. The molecule has 2 rings (SSSR count). The van der Waals surface area contributed by atoms with E-state index in [2.05, 4.69) is 5.32 Å². The average Bonchev–Trinajstić information content (AvgIpc) is 2.41. The third-order valence-corrected chi connectivity index (χ3v) is 3.35. The molecule has 106 valence electrons. The molecule has 0 saturated carbocycles. The topological polar surface area (TPSA) is 12.0 Å². The summed E-state index contributed by atoms with van der Waals surface area (Å²) in [4.78, 5) is 0. The van der Waals surface area contributed by atoms with Gasteiger partial charge in [0.1, 0.15) is 11.6 Å². The van der Waals surface area contributed by atoms with E-state index in [0.717, 1.165) is 5.56 Å². The van der Waals surface area contributed by atoms with Crippen molar-refractivity contribution in [1.82, 2.24) is 5.32 Å². The summed E-state index contributed by atoms with van der Waals surface area (Å²) in [7, 11) is 0. The lowest BCUT2D eigenvalue weighted by Gasteiger charge is -2.19. The van der Waals surface area contributed by atoms with Crippen LogP contribution >= 0.6 is 11.6 Å². The summed E-state index contributed by atoms with van der Waals surface area (Å²) in [6.45, 7) is 2.63.